The Morgan fingerprint density at radius 3 is 2.83 bits per heavy atom. The van der Waals surface area contributed by atoms with Crippen LogP contribution in [0.25, 0.3) is 10.8 Å². The van der Waals surface area contributed by atoms with E-state index in [-0.39, 0.29) is 13.2 Å². The molecule has 23 heavy (non-hydrogen) atoms. The number of rotatable bonds is 6. The monoisotopic (exact) mass is 393 g/mol. The molecule has 0 amide bonds. The van der Waals surface area contributed by atoms with Crippen molar-refractivity contribution in [1.82, 2.24) is 4.98 Å². The van der Waals surface area contributed by atoms with E-state index in [1.54, 1.807) is 12.1 Å². The van der Waals surface area contributed by atoms with Gasteiger partial charge < -0.3 is 13.9 Å². The van der Waals surface area contributed by atoms with Gasteiger partial charge in [-0.25, -0.2) is 9.78 Å². The Balaban J connectivity index is 1.46. The smallest absolute Gasteiger partial charge is 0.344 e. The van der Waals surface area contributed by atoms with Gasteiger partial charge in [0.1, 0.15) is 24.3 Å². The molecule has 1 aromatic carbocycles. The first kappa shape index (κ1) is 15.8. The Labute approximate surface area is 145 Å². The van der Waals surface area contributed by atoms with E-state index in [1.807, 2.05) is 29.6 Å². The van der Waals surface area contributed by atoms with Crippen LogP contribution in [-0.4, -0.2) is 17.6 Å². The van der Waals surface area contributed by atoms with E-state index in [4.69, 9.17) is 13.9 Å². The van der Waals surface area contributed by atoms with Gasteiger partial charge in [0.15, 0.2) is 6.61 Å². The van der Waals surface area contributed by atoms with E-state index in [2.05, 4.69) is 20.9 Å². The minimum Gasteiger partial charge on any atom is -0.482 e. The summed E-state index contributed by atoms with van der Waals surface area (Å²) in [6.45, 7) is -0.103. The average Bonchev–Trinajstić information content (AvgIpc) is 3.23. The third kappa shape index (κ3) is 4.43. The minimum atomic E-state index is -0.464. The van der Waals surface area contributed by atoms with Gasteiger partial charge in [0.05, 0.1) is 4.88 Å². The highest BCUT2D eigenvalue weighted by Crippen LogP contribution is 2.23. The number of halogens is 1. The van der Waals surface area contributed by atoms with Crippen LogP contribution in [0.2, 0.25) is 0 Å². The summed E-state index contributed by atoms with van der Waals surface area (Å²) >= 11 is 4.86. The zero-order valence-electron chi connectivity index (χ0n) is 11.9. The molecule has 118 valence electrons. The molecule has 0 aliphatic rings. The lowest BCUT2D eigenvalue weighted by molar-refractivity contribution is -0.147. The summed E-state index contributed by atoms with van der Waals surface area (Å²) in [6, 6.07) is 11.0. The van der Waals surface area contributed by atoms with Crippen LogP contribution in [0.1, 0.15) is 5.69 Å². The van der Waals surface area contributed by atoms with E-state index in [9.17, 15) is 4.79 Å². The number of carbonyl (C=O) groups is 1. The molecule has 2 heterocycles. The fourth-order valence-electron chi connectivity index (χ4n) is 1.76. The van der Waals surface area contributed by atoms with Crippen molar-refractivity contribution >= 4 is 33.2 Å². The molecule has 0 aliphatic heterocycles. The molecule has 7 heteroatoms. The second-order valence-electron chi connectivity index (χ2n) is 4.52. The topological polar surface area (TPSA) is 61.6 Å². The summed E-state index contributed by atoms with van der Waals surface area (Å²) in [5, 5.41) is 1.94. The second-order valence-corrected chi connectivity index (χ2v) is 6.39. The van der Waals surface area contributed by atoms with Gasteiger partial charge in [-0.15, -0.1) is 11.3 Å². The van der Waals surface area contributed by atoms with Crippen molar-refractivity contribution in [2.24, 2.45) is 0 Å². The van der Waals surface area contributed by atoms with Crippen molar-refractivity contribution in [1.29, 1.82) is 0 Å². The second kappa shape index (κ2) is 7.43. The minimum absolute atomic E-state index is 0.0530. The number of hydrogen-bond acceptors (Lipinski definition) is 6. The molecular weight excluding hydrogens is 382 g/mol. The standard InChI is InChI=1S/C16H12BrNO4S/c17-11-3-5-13(6-4-11)20-10-15(19)21-8-12-9-22-16(18-12)14-2-1-7-23-14/h1-7,9H,8,10H2. The molecule has 3 rings (SSSR count). The maximum absolute atomic E-state index is 11.7. The number of nitrogens with zero attached hydrogens (tertiary/aromatic N) is 1. The van der Waals surface area contributed by atoms with Crippen LogP contribution in [0.4, 0.5) is 0 Å². The molecule has 0 atom stereocenters. The first-order chi connectivity index (χ1) is 11.2. The van der Waals surface area contributed by atoms with E-state index in [0.717, 1.165) is 9.35 Å². The SMILES string of the molecule is O=C(COc1ccc(Br)cc1)OCc1coc(-c2cccs2)n1. The first-order valence-electron chi connectivity index (χ1n) is 6.73. The molecule has 3 aromatic rings. The number of ether oxygens (including phenoxy) is 2. The third-order valence-electron chi connectivity index (χ3n) is 2.84. The van der Waals surface area contributed by atoms with Crippen LogP contribution >= 0.6 is 27.3 Å². The molecule has 0 radical (unpaired) electrons. The van der Waals surface area contributed by atoms with Crippen molar-refractivity contribution in [3.05, 3.63) is 58.2 Å². The molecule has 0 spiro atoms. The Bertz CT molecular complexity index is 768. The number of thiophene rings is 1. The Hall–Kier alpha value is -2.12. The molecule has 0 aliphatic carbocycles. The lowest BCUT2D eigenvalue weighted by atomic mass is 10.3. The largest absolute Gasteiger partial charge is 0.482 e. The van der Waals surface area contributed by atoms with Gasteiger partial charge in [0.25, 0.3) is 0 Å². The molecule has 0 bridgehead atoms. The highest BCUT2D eigenvalue weighted by Gasteiger charge is 2.10. The van der Waals surface area contributed by atoms with E-state index in [1.165, 1.54) is 17.6 Å². The highest BCUT2D eigenvalue weighted by atomic mass is 79.9. The summed E-state index contributed by atoms with van der Waals surface area (Å²) in [4.78, 5) is 16.9. The summed E-state index contributed by atoms with van der Waals surface area (Å²) in [6.07, 6.45) is 1.48. The molecule has 5 nitrogen and oxygen atoms in total. The number of carbonyl (C=O) groups excluding carboxylic acids is 1. The van der Waals surface area contributed by atoms with Crippen molar-refractivity contribution in [3.63, 3.8) is 0 Å². The van der Waals surface area contributed by atoms with Gasteiger partial charge in [-0.05, 0) is 35.7 Å². The fraction of sp³-hybridized carbons (Fsp3) is 0.125. The van der Waals surface area contributed by atoms with E-state index in [0.29, 0.717) is 17.3 Å². The quantitative estimate of drug-likeness (QED) is 0.584. The van der Waals surface area contributed by atoms with Crippen LogP contribution in [-0.2, 0) is 16.1 Å². The maximum Gasteiger partial charge on any atom is 0.344 e. The highest BCUT2D eigenvalue weighted by molar-refractivity contribution is 9.10. The number of hydrogen-bond donors (Lipinski definition) is 0. The molecule has 0 saturated heterocycles. The summed E-state index contributed by atoms with van der Waals surface area (Å²) < 4.78 is 16.7. The van der Waals surface area contributed by atoms with E-state index >= 15 is 0 Å². The predicted octanol–water partition coefficient (Wildman–Crippen LogP) is 4.29. The Morgan fingerprint density at radius 1 is 1.26 bits per heavy atom. The number of esters is 1. The Morgan fingerprint density at radius 2 is 2.09 bits per heavy atom. The fourth-order valence-corrected chi connectivity index (χ4v) is 2.68. The van der Waals surface area contributed by atoms with Gasteiger partial charge in [-0.1, -0.05) is 22.0 Å². The lowest BCUT2D eigenvalue weighted by Gasteiger charge is -2.05. The van der Waals surface area contributed by atoms with Crippen LogP contribution in [0, 0.1) is 0 Å². The Kier molecular flexibility index (Phi) is 5.09. The summed E-state index contributed by atoms with van der Waals surface area (Å²) in [7, 11) is 0. The maximum atomic E-state index is 11.7. The molecule has 0 N–H and O–H groups in total. The van der Waals surface area contributed by atoms with Crippen molar-refractivity contribution < 1.29 is 18.7 Å². The van der Waals surface area contributed by atoms with Gasteiger partial charge in [-0.2, -0.15) is 0 Å². The lowest BCUT2D eigenvalue weighted by Crippen LogP contribution is -2.14. The molecule has 0 fully saturated rings. The zero-order valence-corrected chi connectivity index (χ0v) is 14.3. The van der Waals surface area contributed by atoms with Crippen molar-refractivity contribution in [2.45, 2.75) is 6.61 Å². The molecule has 2 aromatic heterocycles. The zero-order chi connectivity index (χ0) is 16.1. The van der Waals surface area contributed by atoms with Gasteiger partial charge in [0, 0.05) is 4.47 Å². The molecular formula is C16H12BrNO4S. The molecule has 0 unspecified atom stereocenters. The first-order valence-corrected chi connectivity index (χ1v) is 8.40. The van der Waals surface area contributed by atoms with Crippen LogP contribution in [0.3, 0.4) is 0 Å². The van der Waals surface area contributed by atoms with Crippen molar-refractivity contribution in [2.75, 3.05) is 6.61 Å². The van der Waals surface area contributed by atoms with Crippen LogP contribution < -0.4 is 4.74 Å². The van der Waals surface area contributed by atoms with Crippen LogP contribution in [0.15, 0.2) is 56.9 Å². The molecule has 0 saturated carbocycles. The predicted molar refractivity (Wildman–Crippen MR) is 89.2 cm³/mol. The number of aromatic nitrogens is 1. The summed E-state index contributed by atoms with van der Waals surface area (Å²) in [5.41, 5.74) is 0.561. The van der Waals surface area contributed by atoms with E-state index < -0.39 is 5.97 Å². The summed E-state index contributed by atoms with van der Waals surface area (Å²) in [5.74, 6) is 0.664. The average molecular weight is 394 g/mol. The number of benzene rings is 1. The van der Waals surface area contributed by atoms with Gasteiger partial charge in [-0.3, -0.25) is 0 Å². The third-order valence-corrected chi connectivity index (χ3v) is 4.22. The normalized spacial score (nSPS) is 10.5. The number of oxazole rings is 1. The van der Waals surface area contributed by atoms with Crippen molar-refractivity contribution in [3.8, 4) is 16.5 Å². The van der Waals surface area contributed by atoms with Gasteiger partial charge in [0.2, 0.25) is 5.89 Å². The van der Waals surface area contributed by atoms with Gasteiger partial charge >= 0.3 is 5.97 Å². The van der Waals surface area contributed by atoms with Crippen LogP contribution in [0.5, 0.6) is 5.75 Å².